The first-order chi connectivity index (χ1) is 20.2. The number of nitrogens with one attached hydrogen (secondary N) is 1. The molecule has 0 heterocycles. The molecule has 0 bridgehead atoms. The third-order valence-corrected chi connectivity index (χ3v) is 15.0. The molecule has 5 unspecified atom stereocenters. The SMILES string of the molecule is CC(=O)O[C@H]1CC[C@@]2(C)C(CC[C@]3(C)C2CCC2C4C(C(C)=O)CC[C@]4(C(=O)NCc4ccccc4)CC[C@]23C)C1(C)C. The van der Waals surface area contributed by atoms with Gasteiger partial charge >= 0.3 is 5.97 Å². The molecular weight excluding hydrogens is 534 g/mol. The van der Waals surface area contributed by atoms with E-state index >= 15 is 0 Å². The summed E-state index contributed by atoms with van der Waals surface area (Å²) in [6.45, 7) is 16.3. The average Bonchev–Trinajstić information content (AvgIpc) is 3.35. The van der Waals surface area contributed by atoms with E-state index in [1.54, 1.807) is 13.8 Å². The molecule has 236 valence electrons. The number of Topliss-reactive ketones (excluding diaryl/α,β-unsaturated/α-hetero) is 1. The van der Waals surface area contributed by atoms with Crippen molar-refractivity contribution in [2.75, 3.05) is 0 Å². The lowest BCUT2D eigenvalue weighted by Gasteiger charge is -2.72. The second-order valence-corrected chi connectivity index (χ2v) is 16.7. The van der Waals surface area contributed by atoms with Crippen LogP contribution in [0.1, 0.15) is 118 Å². The average molecular weight is 590 g/mol. The molecule has 0 radical (unpaired) electrons. The zero-order valence-electron chi connectivity index (χ0n) is 27.8. The van der Waals surface area contributed by atoms with Gasteiger partial charge in [-0.15, -0.1) is 0 Å². The second kappa shape index (κ2) is 10.4. The van der Waals surface area contributed by atoms with Gasteiger partial charge in [-0.3, -0.25) is 14.4 Å². The number of fused-ring (bicyclic) bond motifs is 7. The minimum atomic E-state index is -0.441. The Morgan fingerprint density at radius 3 is 2.19 bits per heavy atom. The van der Waals surface area contributed by atoms with Crippen LogP contribution in [-0.4, -0.2) is 23.8 Å². The van der Waals surface area contributed by atoms with Gasteiger partial charge in [0.15, 0.2) is 0 Å². The third kappa shape index (κ3) is 4.40. The predicted octanol–water partition coefficient (Wildman–Crippen LogP) is 7.91. The summed E-state index contributed by atoms with van der Waals surface area (Å²) in [5.74, 6) is 1.89. The molecule has 1 aromatic rings. The smallest absolute Gasteiger partial charge is 0.302 e. The number of ether oxygens (including phenoxy) is 1. The van der Waals surface area contributed by atoms with Crippen LogP contribution in [-0.2, 0) is 25.7 Å². The molecule has 1 aromatic carbocycles. The first-order valence-corrected chi connectivity index (χ1v) is 17.2. The maximum absolute atomic E-state index is 14.2. The van der Waals surface area contributed by atoms with Gasteiger partial charge in [-0.05, 0) is 117 Å². The van der Waals surface area contributed by atoms with Gasteiger partial charge in [0.2, 0.25) is 5.91 Å². The van der Waals surface area contributed by atoms with Crippen molar-refractivity contribution in [3.63, 3.8) is 0 Å². The molecular formula is C38H55NO4. The zero-order chi connectivity index (χ0) is 31.0. The third-order valence-electron chi connectivity index (χ3n) is 15.0. The molecule has 43 heavy (non-hydrogen) atoms. The summed E-state index contributed by atoms with van der Waals surface area (Å²) in [7, 11) is 0. The molecule has 1 amide bonds. The molecule has 10 atom stereocenters. The Labute approximate surface area is 259 Å². The molecule has 1 N–H and O–H groups in total. The first kappa shape index (κ1) is 30.8. The highest BCUT2D eigenvalue weighted by Crippen LogP contribution is 2.77. The Balaban J connectivity index is 1.31. The number of hydrogen-bond acceptors (Lipinski definition) is 4. The van der Waals surface area contributed by atoms with Crippen LogP contribution in [0.25, 0.3) is 0 Å². The second-order valence-electron chi connectivity index (χ2n) is 16.7. The van der Waals surface area contributed by atoms with Crippen LogP contribution >= 0.6 is 0 Å². The van der Waals surface area contributed by atoms with Crippen molar-refractivity contribution in [2.45, 2.75) is 125 Å². The summed E-state index contributed by atoms with van der Waals surface area (Å²) in [6.07, 6.45) is 10.2. The van der Waals surface area contributed by atoms with Gasteiger partial charge in [-0.25, -0.2) is 0 Å². The molecule has 0 aromatic heterocycles. The summed E-state index contributed by atoms with van der Waals surface area (Å²) < 4.78 is 5.92. The number of carbonyl (C=O) groups is 3. The molecule has 0 aliphatic heterocycles. The van der Waals surface area contributed by atoms with Crippen LogP contribution in [0.15, 0.2) is 30.3 Å². The number of carbonyl (C=O) groups excluding carboxylic acids is 3. The van der Waals surface area contributed by atoms with Crippen LogP contribution in [0.4, 0.5) is 0 Å². The highest BCUT2D eigenvalue weighted by atomic mass is 16.5. The maximum Gasteiger partial charge on any atom is 0.302 e. The van der Waals surface area contributed by atoms with Crippen LogP contribution in [0, 0.1) is 56.7 Å². The van der Waals surface area contributed by atoms with Gasteiger partial charge in [0.05, 0.1) is 5.41 Å². The summed E-state index contributed by atoms with van der Waals surface area (Å²) in [5.41, 5.74) is 1.06. The lowest BCUT2D eigenvalue weighted by atomic mass is 9.32. The molecule has 0 saturated heterocycles. The van der Waals surface area contributed by atoms with Gasteiger partial charge in [-0.1, -0.05) is 65.0 Å². The topological polar surface area (TPSA) is 72.5 Å². The summed E-state index contributed by atoms with van der Waals surface area (Å²) in [5, 5.41) is 3.35. The van der Waals surface area contributed by atoms with Crippen molar-refractivity contribution < 1.29 is 19.1 Å². The first-order valence-electron chi connectivity index (χ1n) is 17.2. The minimum Gasteiger partial charge on any atom is -0.462 e. The van der Waals surface area contributed by atoms with Gasteiger partial charge < -0.3 is 10.1 Å². The Morgan fingerprint density at radius 1 is 0.791 bits per heavy atom. The van der Waals surface area contributed by atoms with Gasteiger partial charge in [-0.2, -0.15) is 0 Å². The fraction of sp³-hybridized carbons (Fsp3) is 0.763. The van der Waals surface area contributed by atoms with Crippen LogP contribution < -0.4 is 5.32 Å². The van der Waals surface area contributed by atoms with E-state index in [4.69, 9.17) is 4.74 Å². The van der Waals surface area contributed by atoms with E-state index in [2.05, 4.69) is 52.1 Å². The van der Waals surface area contributed by atoms with E-state index in [1.807, 2.05) is 18.2 Å². The maximum atomic E-state index is 14.2. The van der Waals surface area contributed by atoms with Crippen LogP contribution in [0.5, 0.6) is 0 Å². The Morgan fingerprint density at radius 2 is 1.51 bits per heavy atom. The highest BCUT2D eigenvalue weighted by molar-refractivity contribution is 5.87. The van der Waals surface area contributed by atoms with E-state index in [1.165, 1.54) is 12.8 Å². The summed E-state index contributed by atoms with van der Waals surface area (Å²) in [4.78, 5) is 39.5. The number of amides is 1. The molecule has 6 rings (SSSR count). The number of ketones is 1. The van der Waals surface area contributed by atoms with E-state index in [-0.39, 0.29) is 57.3 Å². The Kier molecular flexibility index (Phi) is 7.49. The fourth-order valence-corrected chi connectivity index (χ4v) is 12.8. The predicted molar refractivity (Wildman–Crippen MR) is 169 cm³/mol. The monoisotopic (exact) mass is 589 g/mol. The standard InChI is InChI=1S/C38H55NO4/c1-24(40)27-15-20-38(33(42)39-23-26-11-9-8-10-12-26)22-21-36(6)28(32(27)38)13-14-30-35(5)18-17-31(43-25(2)41)34(3,4)29(35)16-19-37(30,36)7/h8-12,27-32H,13-23H2,1-7H3,(H,39,42)/t27?,28?,29?,30?,31-,32?,35-,36+,37+,38-/m0/s1. The lowest BCUT2D eigenvalue weighted by molar-refractivity contribution is -0.249. The van der Waals surface area contributed by atoms with Gasteiger partial charge in [0.25, 0.3) is 0 Å². The fourth-order valence-electron chi connectivity index (χ4n) is 12.8. The quantitative estimate of drug-likeness (QED) is 0.354. The molecule has 0 spiro atoms. The van der Waals surface area contributed by atoms with Crippen LogP contribution in [0.2, 0.25) is 0 Å². The summed E-state index contributed by atoms with van der Waals surface area (Å²) >= 11 is 0. The molecule has 5 saturated carbocycles. The van der Waals surface area contributed by atoms with Crippen molar-refractivity contribution in [3.05, 3.63) is 35.9 Å². The van der Waals surface area contributed by atoms with E-state index in [9.17, 15) is 14.4 Å². The van der Waals surface area contributed by atoms with Crippen LogP contribution in [0.3, 0.4) is 0 Å². The van der Waals surface area contributed by atoms with Crippen molar-refractivity contribution in [3.8, 4) is 0 Å². The number of hydrogen-bond donors (Lipinski definition) is 1. The number of esters is 1. The summed E-state index contributed by atoms with van der Waals surface area (Å²) in [6, 6.07) is 10.2. The molecule has 5 heteroatoms. The van der Waals surface area contributed by atoms with E-state index < -0.39 is 5.41 Å². The molecule has 5 aliphatic carbocycles. The number of rotatable bonds is 5. The molecule has 5 nitrogen and oxygen atoms in total. The minimum absolute atomic E-state index is 0.0149. The Bertz CT molecular complexity index is 1270. The van der Waals surface area contributed by atoms with E-state index in [0.717, 1.165) is 56.9 Å². The number of benzene rings is 1. The van der Waals surface area contributed by atoms with Crippen molar-refractivity contribution in [1.29, 1.82) is 0 Å². The Hall–Kier alpha value is -2.17. The lowest BCUT2D eigenvalue weighted by Crippen LogP contribution is -2.67. The van der Waals surface area contributed by atoms with Gasteiger partial charge in [0, 0.05) is 24.8 Å². The normalized spacial score (nSPS) is 44.6. The van der Waals surface area contributed by atoms with Crippen molar-refractivity contribution in [1.82, 2.24) is 5.32 Å². The van der Waals surface area contributed by atoms with Crippen molar-refractivity contribution >= 4 is 17.7 Å². The largest absolute Gasteiger partial charge is 0.462 e. The molecule has 5 fully saturated rings. The molecule has 5 aliphatic rings. The van der Waals surface area contributed by atoms with Gasteiger partial charge in [0.1, 0.15) is 11.9 Å². The van der Waals surface area contributed by atoms with Crippen molar-refractivity contribution in [2.24, 2.45) is 56.7 Å². The highest BCUT2D eigenvalue weighted by Gasteiger charge is 2.72. The van der Waals surface area contributed by atoms with E-state index in [0.29, 0.717) is 24.3 Å². The zero-order valence-corrected chi connectivity index (χ0v) is 27.8.